The maximum absolute atomic E-state index is 12.4. The number of sulfonamides is 1. The number of ether oxygens (including phenoxy) is 1. The molecule has 0 fully saturated rings. The number of carbonyl (C=O) groups is 1. The molecule has 1 aromatic heterocycles. The summed E-state index contributed by atoms with van der Waals surface area (Å²) in [6.07, 6.45) is 0. The normalized spacial score (nSPS) is 12.0. The van der Waals surface area contributed by atoms with Crippen molar-refractivity contribution in [1.82, 2.24) is 4.31 Å². The number of carbonyl (C=O) groups excluding carboxylic acids is 1. The van der Waals surface area contributed by atoms with Gasteiger partial charge in [0.15, 0.2) is 0 Å². The zero-order chi connectivity index (χ0) is 19.6. The Balaban J connectivity index is 1.68. The fraction of sp³-hybridized carbons (Fsp3) is 0.250. The van der Waals surface area contributed by atoms with Crippen LogP contribution in [-0.2, 0) is 21.4 Å². The second-order valence-corrected chi connectivity index (χ2v) is 8.46. The Morgan fingerprint density at radius 2 is 1.78 bits per heavy atom. The highest BCUT2D eigenvalue weighted by Gasteiger charge is 2.23. The van der Waals surface area contributed by atoms with Gasteiger partial charge in [0.1, 0.15) is 18.0 Å². The molecular formula is C20H21NO5S. The highest BCUT2D eigenvalue weighted by Crippen LogP contribution is 2.20. The van der Waals surface area contributed by atoms with E-state index in [2.05, 4.69) is 0 Å². The van der Waals surface area contributed by atoms with Crippen LogP contribution in [0.25, 0.3) is 11.0 Å². The second-order valence-electron chi connectivity index (χ2n) is 6.47. The average molecular weight is 387 g/mol. The molecule has 0 N–H and O–H groups in total. The van der Waals surface area contributed by atoms with Crippen molar-refractivity contribution in [3.8, 4) is 0 Å². The molecule has 0 radical (unpaired) electrons. The largest absolute Gasteiger partial charge is 0.457 e. The minimum Gasteiger partial charge on any atom is -0.457 e. The lowest BCUT2D eigenvalue weighted by Gasteiger charge is -2.20. The Bertz CT molecular complexity index is 1020. The molecule has 3 rings (SSSR count). The zero-order valence-corrected chi connectivity index (χ0v) is 16.2. The molecule has 3 aromatic rings. The molecule has 6 nitrogen and oxygen atoms in total. The number of furan rings is 1. The summed E-state index contributed by atoms with van der Waals surface area (Å²) < 4.78 is 37.0. The minimum atomic E-state index is -3.58. The maximum atomic E-state index is 12.4. The smallest absolute Gasteiger partial charge is 0.338 e. The fourth-order valence-corrected chi connectivity index (χ4v) is 3.90. The molecule has 0 aliphatic heterocycles. The molecule has 0 atom stereocenters. The summed E-state index contributed by atoms with van der Waals surface area (Å²) in [5.74, 6) is -0.000996. The molecular weight excluding hydrogens is 366 g/mol. The van der Waals surface area contributed by atoms with Crippen LogP contribution >= 0.6 is 0 Å². The van der Waals surface area contributed by atoms with Crippen molar-refractivity contribution in [3.05, 3.63) is 65.9 Å². The van der Waals surface area contributed by atoms with Crippen molar-refractivity contribution in [2.45, 2.75) is 31.4 Å². The van der Waals surface area contributed by atoms with Gasteiger partial charge in [-0.05, 0) is 50.2 Å². The molecule has 0 bridgehead atoms. The molecule has 7 heteroatoms. The Kier molecular flexibility index (Phi) is 5.34. The van der Waals surface area contributed by atoms with E-state index in [1.807, 2.05) is 30.3 Å². The summed E-state index contributed by atoms with van der Waals surface area (Å²) in [6.45, 7) is 3.59. The second kappa shape index (κ2) is 7.54. The third-order valence-corrected chi connectivity index (χ3v) is 6.36. The van der Waals surface area contributed by atoms with E-state index in [-0.39, 0.29) is 23.1 Å². The Morgan fingerprint density at radius 1 is 1.11 bits per heavy atom. The van der Waals surface area contributed by atoms with Crippen LogP contribution in [0.1, 0.15) is 30.0 Å². The van der Waals surface area contributed by atoms with E-state index in [9.17, 15) is 13.2 Å². The van der Waals surface area contributed by atoms with Crippen LogP contribution in [0.4, 0.5) is 0 Å². The van der Waals surface area contributed by atoms with Gasteiger partial charge in [-0.1, -0.05) is 18.2 Å². The van der Waals surface area contributed by atoms with Crippen molar-refractivity contribution in [2.24, 2.45) is 0 Å². The molecule has 142 valence electrons. The number of fused-ring (bicyclic) bond motifs is 1. The van der Waals surface area contributed by atoms with Crippen molar-refractivity contribution >= 4 is 27.0 Å². The minimum absolute atomic E-state index is 0.00362. The van der Waals surface area contributed by atoms with Crippen LogP contribution in [0.2, 0.25) is 0 Å². The Morgan fingerprint density at radius 3 is 2.41 bits per heavy atom. The molecule has 0 aliphatic rings. The molecule has 0 saturated carbocycles. The first-order valence-electron chi connectivity index (χ1n) is 8.51. The molecule has 2 aromatic carbocycles. The lowest BCUT2D eigenvalue weighted by molar-refractivity contribution is 0.0447. The monoisotopic (exact) mass is 387 g/mol. The fourth-order valence-electron chi connectivity index (χ4n) is 2.53. The van der Waals surface area contributed by atoms with E-state index in [0.717, 1.165) is 11.0 Å². The molecule has 0 aliphatic carbocycles. The topological polar surface area (TPSA) is 76.8 Å². The van der Waals surface area contributed by atoms with Gasteiger partial charge in [0.25, 0.3) is 0 Å². The molecule has 0 saturated heterocycles. The number of nitrogens with zero attached hydrogens (tertiary/aromatic N) is 1. The summed E-state index contributed by atoms with van der Waals surface area (Å²) in [4.78, 5) is 12.3. The molecule has 1 heterocycles. The first kappa shape index (κ1) is 19.1. The van der Waals surface area contributed by atoms with Crippen molar-refractivity contribution < 1.29 is 22.4 Å². The van der Waals surface area contributed by atoms with Crippen LogP contribution in [0.15, 0.2) is 63.9 Å². The third-order valence-electron chi connectivity index (χ3n) is 4.32. The average Bonchev–Trinajstić information content (AvgIpc) is 3.08. The standard InChI is InChI=1S/C20H21NO5S/c1-14(2)21(3)27(23,24)18-10-8-15(9-11-18)20(22)25-13-17-12-16-6-4-5-7-19(16)26-17/h4-12,14H,13H2,1-3H3. The van der Waals surface area contributed by atoms with E-state index in [1.165, 1.54) is 35.6 Å². The first-order chi connectivity index (χ1) is 12.8. The number of rotatable bonds is 6. The van der Waals surface area contributed by atoms with Gasteiger partial charge < -0.3 is 9.15 Å². The van der Waals surface area contributed by atoms with E-state index in [0.29, 0.717) is 5.76 Å². The summed E-state index contributed by atoms with van der Waals surface area (Å²) >= 11 is 0. The van der Waals surface area contributed by atoms with Crippen molar-refractivity contribution in [3.63, 3.8) is 0 Å². The van der Waals surface area contributed by atoms with Crippen LogP contribution in [-0.4, -0.2) is 31.8 Å². The molecule has 0 amide bonds. The van der Waals surface area contributed by atoms with Crippen molar-refractivity contribution in [2.75, 3.05) is 7.05 Å². The van der Waals surface area contributed by atoms with Gasteiger partial charge in [0.05, 0.1) is 10.5 Å². The highest BCUT2D eigenvalue weighted by molar-refractivity contribution is 7.89. The Labute approximate surface area is 158 Å². The maximum Gasteiger partial charge on any atom is 0.338 e. The number of benzene rings is 2. The summed E-state index contributed by atoms with van der Waals surface area (Å²) in [5.41, 5.74) is 1.00. The first-order valence-corrected chi connectivity index (χ1v) is 9.96. The Hall–Kier alpha value is -2.64. The lowest BCUT2D eigenvalue weighted by atomic mass is 10.2. The quantitative estimate of drug-likeness (QED) is 0.601. The number of hydrogen-bond acceptors (Lipinski definition) is 5. The van der Waals surface area contributed by atoms with Gasteiger partial charge in [-0.3, -0.25) is 0 Å². The van der Waals surface area contributed by atoms with E-state index in [4.69, 9.17) is 9.15 Å². The van der Waals surface area contributed by atoms with Crippen molar-refractivity contribution in [1.29, 1.82) is 0 Å². The number of hydrogen-bond donors (Lipinski definition) is 0. The number of esters is 1. The molecule has 27 heavy (non-hydrogen) atoms. The number of para-hydroxylation sites is 1. The summed E-state index contributed by atoms with van der Waals surface area (Å²) in [5, 5.41) is 0.937. The van der Waals surface area contributed by atoms with Gasteiger partial charge in [0.2, 0.25) is 10.0 Å². The van der Waals surface area contributed by atoms with Gasteiger partial charge in [-0.25, -0.2) is 13.2 Å². The summed E-state index contributed by atoms with van der Waals surface area (Å²) in [7, 11) is -2.06. The van der Waals surface area contributed by atoms with Crippen LogP contribution in [0.3, 0.4) is 0 Å². The van der Waals surface area contributed by atoms with Gasteiger partial charge in [-0.15, -0.1) is 0 Å². The highest BCUT2D eigenvalue weighted by atomic mass is 32.2. The van der Waals surface area contributed by atoms with Gasteiger partial charge in [0, 0.05) is 18.5 Å². The lowest BCUT2D eigenvalue weighted by Crippen LogP contribution is -2.33. The van der Waals surface area contributed by atoms with E-state index >= 15 is 0 Å². The van der Waals surface area contributed by atoms with E-state index < -0.39 is 16.0 Å². The molecule has 0 spiro atoms. The zero-order valence-electron chi connectivity index (χ0n) is 15.4. The summed E-state index contributed by atoms with van der Waals surface area (Å²) in [6, 6.07) is 14.9. The van der Waals surface area contributed by atoms with Gasteiger partial charge >= 0.3 is 5.97 Å². The third kappa shape index (κ3) is 4.04. The van der Waals surface area contributed by atoms with Crippen LogP contribution in [0.5, 0.6) is 0 Å². The van der Waals surface area contributed by atoms with E-state index in [1.54, 1.807) is 13.8 Å². The van der Waals surface area contributed by atoms with Crippen LogP contribution in [0, 0.1) is 0 Å². The molecule has 0 unspecified atom stereocenters. The SMILES string of the molecule is CC(C)N(C)S(=O)(=O)c1ccc(C(=O)OCc2cc3ccccc3o2)cc1. The predicted molar refractivity (Wildman–Crippen MR) is 102 cm³/mol. The predicted octanol–water partition coefficient (Wildman–Crippen LogP) is 3.82. The van der Waals surface area contributed by atoms with Crippen LogP contribution < -0.4 is 0 Å². The van der Waals surface area contributed by atoms with Gasteiger partial charge in [-0.2, -0.15) is 4.31 Å².